The lowest BCUT2D eigenvalue weighted by atomic mass is 10.3. The summed E-state index contributed by atoms with van der Waals surface area (Å²) in [5.74, 6) is -0.253. The van der Waals surface area contributed by atoms with Crippen LogP contribution in [0.5, 0.6) is 0 Å². The minimum Gasteiger partial charge on any atom is -0.452 e. The largest absolute Gasteiger partial charge is 0.452 e. The van der Waals surface area contributed by atoms with E-state index >= 15 is 0 Å². The molecule has 0 aromatic carbocycles. The lowest BCUT2D eigenvalue weighted by molar-refractivity contribution is -0.485. The predicted octanol–water partition coefficient (Wildman–Crippen LogP) is 1.07. The van der Waals surface area contributed by atoms with Crippen LogP contribution in [0.25, 0.3) is 0 Å². The number of rotatable bonds is 3. The highest BCUT2D eigenvalue weighted by Crippen LogP contribution is 2.05. The van der Waals surface area contributed by atoms with Gasteiger partial charge in [-0.2, -0.15) is 0 Å². The molecule has 0 atom stereocenters. The van der Waals surface area contributed by atoms with E-state index in [-0.39, 0.29) is 12.5 Å². The van der Waals surface area contributed by atoms with Crippen LogP contribution in [0.3, 0.4) is 0 Å². The van der Waals surface area contributed by atoms with Crippen molar-refractivity contribution in [1.29, 1.82) is 0 Å². The van der Waals surface area contributed by atoms with Crippen LogP contribution in [-0.2, 0) is 11.3 Å². The summed E-state index contributed by atoms with van der Waals surface area (Å²) in [5.41, 5.74) is 0.712. The molecule has 9 nitrogen and oxygen atoms in total. The molecule has 1 aromatic rings. The van der Waals surface area contributed by atoms with Gasteiger partial charge in [0.15, 0.2) is 5.03 Å². The molecule has 0 aliphatic rings. The number of hydrogen-bond donors (Lipinski definition) is 1. The highest BCUT2D eigenvalue weighted by atomic mass is 35.5. The molecule has 0 unspecified atom stereocenters. The number of halogens is 1. The van der Waals surface area contributed by atoms with E-state index in [0.29, 0.717) is 10.7 Å². The average Bonchev–Trinajstić information content (AvgIpc) is 2.43. The number of hydrogen-bond acceptors (Lipinski definition) is 5. The van der Waals surface area contributed by atoms with Crippen LogP contribution in [0.15, 0.2) is 23.4 Å². The number of nitrogens with one attached hydrogen (secondary N) is 1. The van der Waals surface area contributed by atoms with E-state index in [1.54, 1.807) is 12.1 Å². The Morgan fingerprint density at radius 1 is 1.65 bits per heavy atom. The fraction of sp³-hybridized carbons (Fsp3) is 0.300. The molecule has 1 amide bonds. The number of pyridine rings is 1. The smallest absolute Gasteiger partial charge is 0.416 e. The van der Waals surface area contributed by atoms with Gasteiger partial charge in [0.05, 0.1) is 7.11 Å². The Labute approximate surface area is 119 Å². The van der Waals surface area contributed by atoms with Crippen molar-refractivity contribution in [2.45, 2.75) is 6.54 Å². The molecule has 10 heteroatoms. The Morgan fingerprint density at radius 2 is 2.35 bits per heavy atom. The van der Waals surface area contributed by atoms with Gasteiger partial charge in [-0.05, 0) is 11.6 Å². The SMILES string of the molecule is COC(=O)N(C)C(=N[N+](=O)[O-])NCc1ccc(Cl)nc1. The number of methoxy groups -OCH3 is 1. The first-order valence-electron chi connectivity index (χ1n) is 5.33. The zero-order valence-corrected chi connectivity index (χ0v) is 11.5. The van der Waals surface area contributed by atoms with E-state index in [0.717, 1.165) is 12.0 Å². The van der Waals surface area contributed by atoms with Crippen LogP contribution in [0.4, 0.5) is 4.79 Å². The van der Waals surface area contributed by atoms with E-state index in [1.165, 1.54) is 13.2 Å². The van der Waals surface area contributed by atoms with Gasteiger partial charge in [-0.3, -0.25) is 0 Å². The van der Waals surface area contributed by atoms with Crippen molar-refractivity contribution in [1.82, 2.24) is 15.2 Å². The lowest BCUT2D eigenvalue weighted by Gasteiger charge is -2.16. The highest BCUT2D eigenvalue weighted by molar-refractivity contribution is 6.29. The first-order valence-corrected chi connectivity index (χ1v) is 5.70. The van der Waals surface area contributed by atoms with Gasteiger partial charge in [0, 0.05) is 19.8 Å². The molecule has 0 saturated carbocycles. The van der Waals surface area contributed by atoms with Crippen molar-refractivity contribution in [3.05, 3.63) is 39.2 Å². The van der Waals surface area contributed by atoms with E-state index in [4.69, 9.17) is 11.6 Å². The van der Waals surface area contributed by atoms with Crippen LogP contribution in [0, 0.1) is 10.1 Å². The molecule has 0 aliphatic carbocycles. The standard InChI is InChI=1S/C10H12ClN5O4/c1-15(10(17)20-2)9(14-16(18)19)13-6-7-3-4-8(11)12-5-7/h3-5H,6H2,1-2H3,(H,13,14). The molecule has 20 heavy (non-hydrogen) atoms. The summed E-state index contributed by atoms with van der Waals surface area (Å²) in [6.45, 7) is 0.179. The molecule has 1 N–H and O–H groups in total. The average molecular weight is 302 g/mol. The maximum atomic E-state index is 11.3. The molecule has 1 heterocycles. The Balaban J connectivity index is 2.78. The van der Waals surface area contributed by atoms with Gasteiger partial charge >= 0.3 is 6.09 Å². The second kappa shape index (κ2) is 7.24. The van der Waals surface area contributed by atoms with E-state index in [1.807, 2.05) is 0 Å². The second-order valence-corrected chi connectivity index (χ2v) is 3.92. The van der Waals surface area contributed by atoms with Crippen molar-refractivity contribution >= 4 is 23.7 Å². The number of nitrogens with zero attached hydrogens (tertiary/aromatic N) is 4. The number of carbonyl (C=O) groups is 1. The van der Waals surface area contributed by atoms with Crippen LogP contribution < -0.4 is 5.32 Å². The number of aromatic nitrogens is 1. The molecule has 1 rings (SSSR count). The van der Waals surface area contributed by atoms with Crippen molar-refractivity contribution in [3.63, 3.8) is 0 Å². The van der Waals surface area contributed by atoms with Crippen LogP contribution in [0.1, 0.15) is 5.56 Å². The van der Waals surface area contributed by atoms with E-state index < -0.39 is 11.1 Å². The molecule has 0 fully saturated rings. The Hall–Kier alpha value is -2.42. The van der Waals surface area contributed by atoms with E-state index in [2.05, 4.69) is 20.1 Å². The van der Waals surface area contributed by atoms with Gasteiger partial charge in [-0.25, -0.2) is 24.8 Å². The van der Waals surface area contributed by atoms with Gasteiger partial charge in [0.2, 0.25) is 0 Å². The third kappa shape index (κ3) is 4.69. The second-order valence-electron chi connectivity index (χ2n) is 3.53. The number of amides is 1. The minimum atomic E-state index is -0.915. The summed E-state index contributed by atoms with van der Waals surface area (Å²) in [7, 11) is 2.45. The lowest BCUT2D eigenvalue weighted by Crippen LogP contribution is -2.42. The van der Waals surface area contributed by atoms with Crippen molar-refractivity contribution in [2.24, 2.45) is 5.10 Å². The molecule has 1 aromatic heterocycles. The van der Waals surface area contributed by atoms with Gasteiger partial charge in [0.25, 0.3) is 5.96 Å². The first kappa shape index (κ1) is 15.6. The fourth-order valence-corrected chi connectivity index (χ4v) is 1.33. The topological polar surface area (TPSA) is 110 Å². The molecule has 108 valence electrons. The number of carbonyl (C=O) groups excluding carboxylic acids is 1. The molecular formula is C10H12ClN5O4. The van der Waals surface area contributed by atoms with Gasteiger partial charge in [-0.15, -0.1) is 0 Å². The van der Waals surface area contributed by atoms with Crippen LogP contribution in [0.2, 0.25) is 5.15 Å². The molecular weight excluding hydrogens is 290 g/mol. The third-order valence-corrected chi connectivity index (χ3v) is 2.41. The maximum absolute atomic E-state index is 11.3. The van der Waals surface area contributed by atoms with E-state index in [9.17, 15) is 14.9 Å². The Morgan fingerprint density at radius 3 is 2.85 bits per heavy atom. The summed E-state index contributed by atoms with van der Waals surface area (Å²) in [5, 5.41) is 15.6. The molecule has 0 aliphatic heterocycles. The summed E-state index contributed by atoms with van der Waals surface area (Å²) in [4.78, 5) is 26.5. The summed E-state index contributed by atoms with van der Waals surface area (Å²) in [6, 6.07) is 3.26. The zero-order chi connectivity index (χ0) is 15.1. The number of nitro groups is 1. The quantitative estimate of drug-likeness (QED) is 0.294. The normalized spacial score (nSPS) is 10.8. The van der Waals surface area contributed by atoms with Gasteiger partial charge in [-0.1, -0.05) is 17.7 Å². The van der Waals surface area contributed by atoms with Gasteiger partial charge in [0.1, 0.15) is 10.3 Å². The maximum Gasteiger partial charge on any atom is 0.416 e. The van der Waals surface area contributed by atoms with Gasteiger partial charge < -0.3 is 10.1 Å². The molecule has 0 saturated heterocycles. The highest BCUT2D eigenvalue weighted by Gasteiger charge is 2.18. The first-order chi connectivity index (χ1) is 9.43. The summed E-state index contributed by atoms with van der Waals surface area (Å²) >= 11 is 5.64. The zero-order valence-electron chi connectivity index (χ0n) is 10.7. The minimum absolute atomic E-state index is 0.179. The summed E-state index contributed by atoms with van der Waals surface area (Å²) < 4.78 is 4.46. The number of hydrazone groups is 1. The van der Waals surface area contributed by atoms with Crippen molar-refractivity contribution in [2.75, 3.05) is 14.2 Å². The van der Waals surface area contributed by atoms with Crippen LogP contribution in [-0.4, -0.2) is 41.1 Å². The monoisotopic (exact) mass is 301 g/mol. The number of ether oxygens (including phenoxy) is 1. The predicted molar refractivity (Wildman–Crippen MR) is 70.7 cm³/mol. The van der Waals surface area contributed by atoms with Crippen molar-refractivity contribution < 1.29 is 14.6 Å². The Bertz CT molecular complexity index is 519. The fourth-order valence-electron chi connectivity index (χ4n) is 1.21. The molecule has 0 spiro atoms. The molecule has 0 radical (unpaired) electrons. The number of guanidine groups is 1. The molecule has 0 bridgehead atoms. The Kier molecular flexibility index (Phi) is 5.66. The summed E-state index contributed by atoms with van der Waals surface area (Å²) in [6.07, 6.45) is 0.712. The third-order valence-electron chi connectivity index (χ3n) is 2.18. The van der Waals surface area contributed by atoms with Crippen LogP contribution >= 0.6 is 11.6 Å². The van der Waals surface area contributed by atoms with Crippen molar-refractivity contribution in [3.8, 4) is 0 Å².